The zero-order valence-corrected chi connectivity index (χ0v) is 12.6. The number of fused-ring (bicyclic) bond motifs is 1. The molecule has 0 fully saturated rings. The molecule has 6 nitrogen and oxygen atoms in total. The van der Waals surface area contributed by atoms with Gasteiger partial charge in [-0.25, -0.2) is 9.97 Å². The van der Waals surface area contributed by atoms with Crippen LogP contribution in [-0.4, -0.2) is 44.7 Å². The number of anilines is 1. The van der Waals surface area contributed by atoms with Crippen LogP contribution < -0.4 is 11.1 Å². The van der Waals surface area contributed by atoms with Crippen molar-refractivity contribution in [2.75, 3.05) is 24.3 Å². The maximum absolute atomic E-state index is 9.71. The van der Waals surface area contributed by atoms with Crippen molar-refractivity contribution in [2.45, 2.75) is 19.6 Å². The number of thioether (sulfide) groups is 1. The van der Waals surface area contributed by atoms with Gasteiger partial charge in [-0.15, -0.1) is 0 Å². The molecule has 0 radical (unpaired) electrons. The van der Waals surface area contributed by atoms with Crippen LogP contribution in [0.4, 0.5) is 5.82 Å². The van der Waals surface area contributed by atoms with E-state index in [-0.39, 0.29) is 12.0 Å². The van der Waals surface area contributed by atoms with Crippen molar-refractivity contribution in [3.05, 3.63) is 18.1 Å². The van der Waals surface area contributed by atoms with E-state index in [1.165, 1.54) is 6.33 Å². The molecule has 0 amide bonds. The molecule has 2 atom stereocenters. The van der Waals surface area contributed by atoms with E-state index in [0.29, 0.717) is 12.4 Å². The second-order valence-corrected chi connectivity index (χ2v) is 5.79. The first-order valence-electron chi connectivity index (χ1n) is 6.57. The Labute approximate surface area is 122 Å². The van der Waals surface area contributed by atoms with Gasteiger partial charge in [0.2, 0.25) is 0 Å². The number of aliphatic hydroxyl groups is 1. The van der Waals surface area contributed by atoms with Crippen molar-refractivity contribution < 1.29 is 5.11 Å². The highest BCUT2D eigenvalue weighted by atomic mass is 32.2. The lowest BCUT2D eigenvalue weighted by Gasteiger charge is -2.19. The molecule has 0 aromatic carbocycles. The summed E-state index contributed by atoms with van der Waals surface area (Å²) in [5.41, 5.74) is 8.47. The number of nitrogen functional groups attached to an aromatic ring is 1. The Hall–Kier alpha value is -1.31. The zero-order chi connectivity index (χ0) is 14.5. The van der Waals surface area contributed by atoms with Gasteiger partial charge in [0.05, 0.1) is 11.6 Å². The summed E-state index contributed by atoms with van der Waals surface area (Å²) in [6, 6.07) is 0. The topological polar surface area (TPSA) is 99.9 Å². The van der Waals surface area contributed by atoms with Crippen LogP contribution in [0, 0.1) is 5.92 Å². The third-order valence-electron chi connectivity index (χ3n) is 3.36. The van der Waals surface area contributed by atoms with Gasteiger partial charge >= 0.3 is 0 Å². The van der Waals surface area contributed by atoms with E-state index >= 15 is 0 Å². The Morgan fingerprint density at radius 1 is 1.50 bits per heavy atom. The minimum Gasteiger partial charge on any atom is -0.393 e. The number of aliphatic hydroxyl groups excluding tert-OH is 1. The number of rotatable bonds is 7. The quantitative estimate of drug-likeness (QED) is 0.608. The Morgan fingerprint density at radius 2 is 2.30 bits per heavy atom. The van der Waals surface area contributed by atoms with E-state index in [9.17, 15) is 5.11 Å². The first kappa shape index (κ1) is 15.1. The lowest BCUT2D eigenvalue weighted by atomic mass is 10.1. The van der Waals surface area contributed by atoms with Gasteiger partial charge in [-0.3, -0.25) is 0 Å². The summed E-state index contributed by atoms with van der Waals surface area (Å²) in [4.78, 5) is 11.3. The van der Waals surface area contributed by atoms with E-state index < -0.39 is 0 Å². The van der Waals surface area contributed by atoms with Gasteiger partial charge in [0.1, 0.15) is 11.8 Å². The number of aromatic nitrogens is 3. The highest BCUT2D eigenvalue weighted by molar-refractivity contribution is 7.98. The smallest absolute Gasteiger partial charge is 0.151 e. The predicted molar refractivity (Wildman–Crippen MR) is 83.6 cm³/mol. The number of nitrogens with zero attached hydrogens (tertiary/aromatic N) is 2. The first-order chi connectivity index (χ1) is 9.63. The molecule has 0 aliphatic rings. The monoisotopic (exact) mass is 295 g/mol. The molecule has 2 rings (SSSR count). The summed E-state index contributed by atoms with van der Waals surface area (Å²) in [7, 11) is 0. The molecular formula is C13H21N5OS. The zero-order valence-electron chi connectivity index (χ0n) is 11.8. The Balaban J connectivity index is 1.97. The fourth-order valence-corrected chi connectivity index (χ4v) is 2.95. The standard InChI is InChI=1S/C13H21N5OS/c1-8(19)10(6-20-2)4-15-3-9-5-16-12-11(9)17-7-18-13(12)14/h5,7-8,10,15-16,19H,3-4,6H2,1-2H3,(H2,14,17,18). The maximum atomic E-state index is 9.71. The summed E-state index contributed by atoms with van der Waals surface area (Å²) in [6.45, 7) is 3.29. The lowest BCUT2D eigenvalue weighted by Crippen LogP contribution is -2.31. The Bertz CT molecular complexity index is 557. The van der Waals surface area contributed by atoms with Gasteiger partial charge in [-0.1, -0.05) is 0 Å². The number of hydrogen-bond acceptors (Lipinski definition) is 6. The van der Waals surface area contributed by atoms with Crippen molar-refractivity contribution >= 4 is 28.6 Å². The van der Waals surface area contributed by atoms with Crippen molar-refractivity contribution in [1.82, 2.24) is 20.3 Å². The molecule has 7 heteroatoms. The van der Waals surface area contributed by atoms with Crippen molar-refractivity contribution in [3.63, 3.8) is 0 Å². The summed E-state index contributed by atoms with van der Waals surface area (Å²) in [5, 5.41) is 13.1. The highest BCUT2D eigenvalue weighted by Crippen LogP contribution is 2.19. The molecule has 0 saturated heterocycles. The van der Waals surface area contributed by atoms with Gasteiger partial charge in [-0.2, -0.15) is 11.8 Å². The molecule has 0 saturated carbocycles. The molecule has 110 valence electrons. The van der Waals surface area contributed by atoms with E-state index in [4.69, 9.17) is 5.73 Å². The van der Waals surface area contributed by atoms with E-state index in [0.717, 1.165) is 28.9 Å². The number of nitrogens with one attached hydrogen (secondary N) is 2. The van der Waals surface area contributed by atoms with Crippen molar-refractivity contribution in [1.29, 1.82) is 0 Å². The summed E-state index contributed by atoms with van der Waals surface area (Å²) < 4.78 is 0. The molecular weight excluding hydrogens is 274 g/mol. The third-order valence-corrected chi connectivity index (χ3v) is 4.12. The first-order valence-corrected chi connectivity index (χ1v) is 7.97. The van der Waals surface area contributed by atoms with Gasteiger partial charge in [-0.05, 0) is 18.9 Å². The predicted octanol–water partition coefficient (Wildman–Crippen LogP) is 0.990. The van der Waals surface area contributed by atoms with Crippen molar-refractivity contribution in [2.24, 2.45) is 5.92 Å². The summed E-state index contributed by atoms with van der Waals surface area (Å²) in [6.07, 6.45) is 5.11. The summed E-state index contributed by atoms with van der Waals surface area (Å²) >= 11 is 1.75. The van der Waals surface area contributed by atoms with Crippen LogP contribution in [0.5, 0.6) is 0 Å². The van der Waals surface area contributed by atoms with Gasteiger partial charge in [0.15, 0.2) is 5.82 Å². The fourth-order valence-electron chi connectivity index (χ4n) is 2.12. The Kier molecular flexibility index (Phi) is 5.22. The molecule has 2 unspecified atom stereocenters. The SMILES string of the molecule is CSCC(CNCc1c[nH]c2c(N)ncnc12)C(C)O. The number of H-pyrrole nitrogens is 1. The molecule has 2 heterocycles. The largest absolute Gasteiger partial charge is 0.393 e. The van der Waals surface area contributed by atoms with Crippen LogP contribution >= 0.6 is 11.8 Å². The highest BCUT2D eigenvalue weighted by Gasteiger charge is 2.14. The minimum absolute atomic E-state index is 0.245. The third kappa shape index (κ3) is 3.41. The van der Waals surface area contributed by atoms with Gasteiger partial charge < -0.3 is 21.1 Å². The van der Waals surface area contributed by atoms with E-state index in [2.05, 4.69) is 26.5 Å². The molecule has 0 aliphatic carbocycles. The van der Waals surface area contributed by atoms with Gasteiger partial charge in [0.25, 0.3) is 0 Å². The normalized spacial score (nSPS) is 14.6. The van der Waals surface area contributed by atoms with E-state index in [1.807, 2.05) is 13.1 Å². The van der Waals surface area contributed by atoms with Crippen LogP contribution in [0.15, 0.2) is 12.5 Å². The molecule has 0 aliphatic heterocycles. The second kappa shape index (κ2) is 6.92. The second-order valence-electron chi connectivity index (χ2n) is 4.88. The molecule has 0 bridgehead atoms. The summed E-state index contributed by atoms with van der Waals surface area (Å²) in [5.74, 6) is 1.65. The Morgan fingerprint density at radius 3 is 3.00 bits per heavy atom. The average Bonchev–Trinajstić information content (AvgIpc) is 2.82. The number of hydrogen-bond donors (Lipinski definition) is 4. The average molecular weight is 295 g/mol. The molecule has 2 aromatic rings. The minimum atomic E-state index is -0.309. The van der Waals surface area contributed by atoms with Crippen LogP contribution in [-0.2, 0) is 6.54 Å². The maximum Gasteiger partial charge on any atom is 0.151 e. The van der Waals surface area contributed by atoms with Crippen LogP contribution in [0.1, 0.15) is 12.5 Å². The van der Waals surface area contributed by atoms with Crippen LogP contribution in [0.2, 0.25) is 0 Å². The van der Waals surface area contributed by atoms with Crippen LogP contribution in [0.3, 0.4) is 0 Å². The number of nitrogens with two attached hydrogens (primary N) is 1. The molecule has 2 aromatic heterocycles. The van der Waals surface area contributed by atoms with Gasteiger partial charge in [0, 0.05) is 30.8 Å². The fraction of sp³-hybridized carbons (Fsp3) is 0.538. The van der Waals surface area contributed by atoms with Crippen LogP contribution in [0.25, 0.3) is 11.0 Å². The molecule has 5 N–H and O–H groups in total. The number of aromatic amines is 1. The molecule has 0 spiro atoms. The van der Waals surface area contributed by atoms with E-state index in [1.54, 1.807) is 11.8 Å². The lowest BCUT2D eigenvalue weighted by molar-refractivity contribution is 0.136. The molecule has 20 heavy (non-hydrogen) atoms. The van der Waals surface area contributed by atoms with Crippen molar-refractivity contribution in [3.8, 4) is 0 Å².